The number of carbonyl (C=O) groups excluding carboxylic acids is 8. The van der Waals surface area contributed by atoms with Crippen molar-refractivity contribution in [3.05, 3.63) is 18.2 Å². The number of amides is 8. The van der Waals surface area contributed by atoms with E-state index in [1.165, 1.54) is 26.4 Å². The van der Waals surface area contributed by atoms with Gasteiger partial charge in [-0.25, -0.2) is 9.78 Å². The Morgan fingerprint density at radius 1 is 0.603 bits per heavy atom. The molecule has 0 aliphatic rings. The summed E-state index contributed by atoms with van der Waals surface area (Å²) >= 11 is 4.14. The smallest absolute Gasteiger partial charge is 0.326 e. The molecule has 0 spiro atoms. The maximum absolute atomic E-state index is 14.1. The third kappa shape index (κ3) is 25.7. The molecule has 0 radical (unpaired) electrons. The highest BCUT2D eigenvalue weighted by Crippen LogP contribution is 2.11. The number of nitrogens with one attached hydrogen (secondary N) is 9. The number of aromatic amines is 1. The van der Waals surface area contributed by atoms with Crippen molar-refractivity contribution in [1.82, 2.24) is 52.5 Å². The summed E-state index contributed by atoms with van der Waals surface area (Å²) in [6.07, 6.45) is 1.64. The van der Waals surface area contributed by atoms with Crippen LogP contribution in [0.2, 0.25) is 0 Å². The Kier molecular flexibility index (Phi) is 29.4. The predicted octanol–water partition coefficient (Wildman–Crippen LogP) is -4.83. The van der Waals surface area contributed by atoms with Gasteiger partial charge in [0.2, 0.25) is 47.3 Å². The Labute approximate surface area is 426 Å². The molecule has 0 saturated heterocycles. The molecule has 0 saturated carbocycles. The fourth-order valence-electron chi connectivity index (χ4n) is 6.64. The van der Waals surface area contributed by atoms with Gasteiger partial charge in [0.1, 0.15) is 48.3 Å². The minimum absolute atomic E-state index is 0.0120. The van der Waals surface area contributed by atoms with Crippen LogP contribution in [-0.4, -0.2) is 170 Å². The van der Waals surface area contributed by atoms with Gasteiger partial charge >= 0.3 is 17.9 Å². The Bertz CT molecular complexity index is 2060. The van der Waals surface area contributed by atoms with Crippen molar-refractivity contribution in [2.75, 3.05) is 18.8 Å². The van der Waals surface area contributed by atoms with Crippen LogP contribution in [-0.2, 0) is 59.2 Å². The Balaban J connectivity index is 3.34. The Hall–Kier alpha value is -7.08. The van der Waals surface area contributed by atoms with Crippen LogP contribution in [0.5, 0.6) is 0 Å². The van der Waals surface area contributed by atoms with Crippen LogP contribution in [0.1, 0.15) is 97.6 Å². The summed E-state index contributed by atoms with van der Waals surface area (Å²) in [7, 11) is 0. The summed E-state index contributed by atoms with van der Waals surface area (Å²) in [6.45, 7) is 6.43. The molecule has 0 unspecified atom stereocenters. The van der Waals surface area contributed by atoms with Crippen molar-refractivity contribution in [1.29, 1.82) is 0 Å². The summed E-state index contributed by atoms with van der Waals surface area (Å²) in [5.41, 5.74) is 22.3. The number of thiol groups is 1. The number of rotatable bonds is 36. The number of nitrogens with two attached hydrogens (primary N) is 4. The average molecular weight is 1060 g/mol. The first-order chi connectivity index (χ1) is 34.3. The molecule has 30 heteroatoms. The van der Waals surface area contributed by atoms with Gasteiger partial charge in [0.15, 0.2) is 5.96 Å². The number of hydrogen-bond donors (Lipinski definition) is 17. The van der Waals surface area contributed by atoms with Crippen LogP contribution in [0, 0.1) is 5.92 Å². The third-order valence-electron chi connectivity index (χ3n) is 10.7. The molecule has 1 heterocycles. The summed E-state index contributed by atoms with van der Waals surface area (Å²) in [4.78, 5) is 153. The first-order valence-corrected chi connectivity index (χ1v) is 24.1. The van der Waals surface area contributed by atoms with Gasteiger partial charge in [-0.05, 0) is 77.7 Å². The van der Waals surface area contributed by atoms with Gasteiger partial charge in [0.25, 0.3) is 0 Å². The van der Waals surface area contributed by atoms with Gasteiger partial charge in [0, 0.05) is 43.5 Å². The first-order valence-electron chi connectivity index (χ1n) is 23.5. The van der Waals surface area contributed by atoms with E-state index in [0.29, 0.717) is 18.5 Å². The number of nitrogens with zero attached hydrogens (tertiary/aromatic N) is 2. The van der Waals surface area contributed by atoms with E-state index >= 15 is 0 Å². The maximum Gasteiger partial charge on any atom is 0.326 e. The van der Waals surface area contributed by atoms with E-state index in [1.807, 2.05) is 0 Å². The minimum atomic E-state index is -1.65. The molecule has 1 rings (SSSR count). The van der Waals surface area contributed by atoms with E-state index in [2.05, 4.69) is 70.1 Å². The molecule has 8 amide bonds. The molecular weight excluding hydrogens is 983 g/mol. The van der Waals surface area contributed by atoms with E-state index in [1.54, 1.807) is 13.8 Å². The molecule has 410 valence electrons. The molecule has 0 aromatic carbocycles. The van der Waals surface area contributed by atoms with Crippen LogP contribution in [0.3, 0.4) is 0 Å². The predicted molar refractivity (Wildman–Crippen MR) is 265 cm³/mol. The zero-order chi connectivity index (χ0) is 55.4. The van der Waals surface area contributed by atoms with Crippen molar-refractivity contribution < 1.29 is 68.1 Å². The number of guanidine groups is 1. The molecule has 29 nitrogen and oxygen atoms in total. The fraction of sp³-hybridized carbons (Fsp3) is 0.651. The monoisotopic (exact) mass is 1060 g/mol. The number of aromatic nitrogens is 2. The topological polar surface area (TPSA) is 490 Å². The number of imidazole rings is 1. The van der Waals surface area contributed by atoms with E-state index in [4.69, 9.17) is 28.0 Å². The van der Waals surface area contributed by atoms with Gasteiger partial charge in [-0.15, -0.1) is 0 Å². The maximum atomic E-state index is 14.1. The lowest BCUT2D eigenvalue weighted by Crippen LogP contribution is -2.60. The Morgan fingerprint density at radius 2 is 1.07 bits per heavy atom. The first kappa shape index (κ1) is 63.9. The summed E-state index contributed by atoms with van der Waals surface area (Å²) in [5, 5.41) is 47.7. The van der Waals surface area contributed by atoms with Crippen molar-refractivity contribution in [2.24, 2.45) is 33.8 Å². The Morgan fingerprint density at radius 3 is 1.59 bits per heavy atom. The zero-order valence-electron chi connectivity index (χ0n) is 41.3. The second-order valence-corrected chi connectivity index (χ2v) is 17.8. The second-order valence-electron chi connectivity index (χ2n) is 17.5. The van der Waals surface area contributed by atoms with Crippen molar-refractivity contribution in [3.8, 4) is 0 Å². The number of hydrogen-bond acceptors (Lipinski definition) is 16. The number of unbranched alkanes of at least 4 members (excludes halogenated alkanes) is 1. The van der Waals surface area contributed by atoms with Gasteiger partial charge in [-0.1, -0.05) is 13.8 Å². The van der Waals surface area contributed by atoms with E-state index in [9.17, 15) is 63.0 Å². The molecule has 73 heavy (non-hydrogen) atoms. The van der Waals surface area contributed by atoms with Crippen molar-refractivity contribution in [3.63, 3.8) is 0 Å². The quantitative estimate of drug-likeness (QED) is 0.0130. The van der Waals surface area contributed by atoms with E-state index in [0.717, 1.165) is 0 Å². The molecule has 1 aromatic heterocycles. The summed E-state index contributed by atoms with van der Waals surface area (Å²) < 4.78 is 0. The van der Waals surface area contributed by atoms with Gasteiger partial charge in [-0.2, -0.15) is 12.6 Å². The fourth-order valence-corrected chi connectivity index (χ4v) is 6.90. The number of H-pyrrole nitrogens is 1. The molecule has 0 fully saturated rings. The van der Waals surface area contributed by atoms with E-state index in [-0.39, 0.29) is 75.7 Å². The van der Waals surface area contributed by atoms with Gasteiger partial charge in [0.05, 0.1) is 12.4 Å². The summed E-state index contributed by atoms with van der Waals surface area (Å²) in [6, 6.07) is -12.4. The van der Waals surface area contributed by atoms with E-state index < -0.39 is 132 Å². The molecule has 0 bridgehead atoms. The number of carbonyl (C=O) groups is 11. The number of aliphatic carboxylic acids is 3. The van der Waals surface area contributed by atoms with Crippen LogP contribution < -0.4 is 65.5 Å². The van der Waals surface area contributed by atoms with Crippen LogP contribution in [0.4, 0.5) is 0 Å². The lowest BCUT2D eigenvalue weighted by molar-refractivity contribution is -0.142. The molecule has 1 aromatic rings. The van der Waals surface area contributed by atoms with Crippen LogP contribution >= 0.6 is 12.6 Å². The minimum Gasteiger partial charge on any atom is -0.481 e. The zero-order valence-corrected chi connectivity index (χ0v) is 42.2. The van der Waals surface area contributed by atoms with Gasteiger partial charge < -0.3 is 85.8 Å². The molecule has 0 aliphatic heterocycles. The molecular formula is C43H73N15O14S. The van der Waals surface area contributed by atoms with Crippen LogP contribution in [0.15, 0.2) is 17.5 Å². The summed E-state index contributed by atoms with van der Waals surface area (Å²) in [5.74, 6) is -11.9. The lowest BCUT2D eigenvalue weighted by Gasteiger charge is -2.28. The van der Waals surface area contributed by atoms with Crippen LogP contribution in [0.25, 0.3) is 0 Å². The SMILES string of the molecule is CC(C)C[C@H](NC(=O)[C@H](CCCCN)NC(=O)[C@H](C)NC(=O)[C@@H](N)CCC(=O)O)C(=O)N[C@@H](Cc1cnc[nH]1)C(=O)N[C@@H](CCC(=O)O)C(=O)N[C@@H](CS)C(=O)N[C@@H](C)C(=O)N[C@@H](CCCN=C(N)N)C(=O)O. The molecule has 0 aliphatic carbocycles. The number of aliphatic imine (C=N–C) groups is 1. The average Bonchev–Trinajstić information content (AvgIpc) is 3.83. The highest BCUT2D eigenvalue weighted by molar-refractivity contribution is 7.80. The third-order valence-corrected chi connectivity index (χ3v) is 11.1. The second kappa shape index (κ2) is 33.5. The van der Waals surface area contributed by atoms with Crippen molar-refractivity contribution >= 4 is 83.8 Å². The highest BCUT2D eigenvalue weighted by Gasteiger charge is 2.35. The number of carboxylic acids is 3. The van der Waals surface area contributed by atoms with Crippen molar-refractivity contribution in [2.45, 2.75) is 153 Å². The highest BCUT2D eigenvalue weighted by atomic mass is 32.1. The lowest BCUT2D eigenvalue weighted by atomic mass is 10.0. The normalized spacial score (nSPS) is 14.7. The molecule has 9 atom stereocenters. The standard InChI is InChI=1S/C43H73N15O14S/c1-21(2)16-29(56-37(66)26(8-5-6-14-44)53-34(63)22(3)51-36(65)25(45)10-12-32(59)60)39(68)57-30(17-24-18-48-20-50-24)40(69)54-27(11-13-33(61)62)38(67)58-31(19-73)41(70)52-23(4)35(64)55-28(42(71)72)9-7-15-49-43(46)47/h18,20-23,25-31,73H,5-17,19,44-45H2,1-4H3,(H,48,50)(H,51,65)(H,52,70)(H,53,63)(H,54,69)(H,55,64)(H,56,66)(H,57,68)(H,58,67)(H,59,60)(H,61,62)(H,71,72)(H4,46,47,49)/t22-,23-,25-,26-,27-,28-,29-,30-,31-/m0/s1. The largest absolute Gasteiger partial charge is 0.481 e. The van der Waals surface area contributed by atoms with Gasteiger partial charge in [-0.3, -0.25) is 52.9 Å². The molecule has 20 N–H and O–H groups in total. The number of carboxylic acid groups (broad SMARTS) is 3.